The van der Waals surface area contributed by atoms with Crippen LogP contribution in [0.2, 0.25) is 0 Å². The smallest absolute Gasteiger partial charge is 0.0283 e. The zero-order chi connectivity index (χ0) is 16.2. The van der Waals surface area contributed by atoms with Crippen LogP contribution in [0.25, 0.3) is 10.8 Å². The quantitative estimate of drug-likeness (QED) is 0.644. The highest BCUT2D eigenvalue weighted by molar-refractivity contribution is 5.85. The van der Waals surface area contributed by atoms with E-state index >= 15 is 0 Å². The summed E-state index contributed by atoms with van der Waals surface area (Å²) >= 11 is 0. The SMILES string of the molecule is CC=CC(CC(C)(C)C)N(C)Cc1cccc2ccccc12. The zero-order valence-electron chi connectivity index (χ0n) is 14.6. The van der Waals surface area contributed by atoms with Crippen molar-refractivity contribution >= 4 is 10.8 Å². The lowest BCUT2D eigenvalue weighted by molar-refractivity contribution is 0.207. The Hall–Kier alpha value is -1.60. The zero-order valence-corrected chi connectivity index (χ0v) is 14.6. The lowest BCUT2D eigenvalue weighted by atomic mass is 9.87. The van der Waals surface area contributed by atoms with Crippen molar-refractivity contribution in [1.29, 1.82) is 0 Å². The Morgan fingerprint density at radius 2 is 1.73 bits per heavy atom. The molecule has 0 saturated carbocycles. The van der Waals surface area contributed by atoms with E-state index in [1.165, 1.54) is 22.8 Å². The van der Waals surface area contributed by atoms with Crippen LogP contribution in [0.1, 0.15) is 39.7 Å². The summed E-state index contributed by atoms with van der Waals surface area (Å²) < 4.78 is 0. The number of hydrogen-bond donors (Lipinski definition) is 0. The predicted octanol–water partition coefficient (Wildman–Crippen LogP) is 5.65. The Kier molecular flexibility index (Phi) is 5.42. The van der Waals surface area contributed by atoms with Gasteiger partial charge in [0.15, 0.2) is 0 Å². The molecule has 2 aromatic carbocycles. The number of hydrogen-bond acceptors (Lipinski definition) is 1. The van der Waals surface area contributed by atoms with E-state index in [0.29, 0.717) is 11.5 Å². The molecule has 1 atom stereocenters. The van der Waals surface area contributed by atoms with E-state index in [1.54, 1.807) is 0 Å². The van der Waals surface area contributed by atoms with Crippen molar-refractivity contribution in [3.8, 4) is 0 Å². The Morgan fingerprint density at radius 3 is 2.41 bits per heavy atom. The minimum atomic E-state index is 0.331. The fourth-order valence-electron chi connectivity index (χ4n) is 3.04. The summed E-state index contributed by atoms with van der Waals surface area (Å²) in [5, 5.41) is 2.69. The maximum absolute atomic E-state index is 2.47. The van der Waals surface area contributed by atoms with E-state index in [-0.39, 0.29) is 0 Å². The molecule has 0 fully saturated rings. The van der Waals surface area contributed by atoms with E-state index in [0.717, 1.165) is 6.54 Å². The van der Waals surface area contributed by atoms with E-state index in [4.69, 9.17) is 0 Å². The molecule has 118 valence electrons. The molecule has 0 heterocycles. The van der Waals surface area contributed by atoms with Gasteiger partial charge < -0.3 is 0 Å². The summed E-state index contributed by atoms with van der Waals surface area (Å²) in [6, 6.07) is 15.7. The standard InChI is InChI=1S/C21H29N/c1-6-10-19(15-21(2,3)4)22(5)16-18-13-9-12-17-11-7-8-14-20(17)18/h6-14,19H,15-16H2,1-5H3. The van der Waals surface area contributed by atoms with Crippen LogP contribution in [-0.4, -0.2) is 18.0 Å². The summed E-state index contributed by atoms with van der Waals surface area (Å²) in [5.41, 5.74) is 1.74. The summed E-state index contributed by atoms with van der Waals surface area (Å²) in [5.74, 6) is 0. The highest BCUT2D eigenvalue weighted by Crippen LogP contribution is 2.26. The third kappa shape index (κ3) is 4.45. The van der Waals surface area contributed by atoms with Gasteiger partial charge in [-0.1, -0.05) is 75.4 Å². The van der Waals surface area contributed by atoms with Gasteiger partial charge in [0.05, 0.1) is 0 Å². The van der Waals surface area contributed by atoms with Gasteiger partial charge in [0.25, 0.3) is 0 Å². The second-order valence-electron chi connectivity index (χ2n) is 7.41. The van der Waals surface area contributed by atoms with Crippen LogP contribution in [0.5, 0.6) is 0 Å². The first-order valence-corrected chi connectivity index (χ1v) is 8.20. The fraction of sp³-hybridized carbons (Fsp3) is 0.429. The van der Waals surface area contributed by atoms with Crippen molar-refractivity contribution in [2.75, 3.05) is 7.05 Å². The molecule has 0 aliphatic carbocycles. The van der Waals surface area contributed by atoms with Crippen molar-refractivity contribution < 1.29 is 0 Å². The molecular weight excluding hydrogens is 266 g/mol. The molecule has 0 aliphatic heterocycles. The molecule has 0 aliphatic rings. The topological polar surface area (TPSA) is 3.24 Å². The molecule has 2 aromatic rings. The Morgan fingerprint density at radius 1 is 1.05 bits per heavy atom. The third-order valence-electron chi connectivity index (χ3n) is 4.10. The highest BCUT2D eigenvalue weighted by atomic mass is 15.1. The highest BCUT2D eigenvalue weighted by Gasteiger charge is 2.20. The monoisotopic (exact) mass is 295 g/mol. The Balaban J connectivity index is 2.23. The second-order valence-corrected chi connectivity index (χ2v) is 7.41. The molecule has 2 rings (SSSR count). The van der Waals surface area contributed by atoms with Gasteiger partial charge in [0.2, 0.25) is 0 Å². The van der Waals surface area contributed by atoms with Crippen molar-refractivity contribution in [3.05, 3.63) is 60.2 Å². The van der Waals surface area contributed by atoms with Gasteiger partial charge >= 0.3 is 0 Å². The molecule has 1 nitrogen and oxygen atoms in total. The van der Waals surface area contributed by atoms with Gasteiger partial charge in [0, 0.05) is 12.6 Å². The third-order valence-corrected chi connectivity index (χ3v) is 4.10. The summed E-state index contributed by atoms with van der Waals surface area (Å²) in [6.45, 7) is 10.0. The Bertz CT molecular complexity index is 628. The van der Waals surface area contributed by atoms with Crippen LogP contribution < -0.4 is 0 Å². The van der Waals surface area contributed by atoms with E-state index < -0.39 is 0 Å². The fourth-order valence-corrected chi connectivity index (χ4v) is 3.04. The number of benzene rings is 2. The summed E-state index contributed by atoms with van der Waals surface area (Å²) in [7, 11) is 2.23. The number of fused-ring (bicyclic) bond motifs is 1. The molecule has 22 heavy (non-hydrogen) atoms. The molecular formula is C21H29N. The van der Waals surface area contributed by atoms with Crippen LogP contribution in [0.4, 0.5) is 0 Å². The van der Waals surface area contributed by atoms with Gasteiger partial charge in [-0.25, -0.2) is 0 Å². The number of nitrogens with zero attached hydrogens (tertiary/aromatic N) is 1. The van der Waals surface area contributed by atoms with E-state index in [1.807, 2.05) is 0 Å². The maximum Gasteiger partial charge on any atom is 0.0283 e. The minimum Gasteiger partial charge on any atom is -0.296 e. The van der Waals surface area contributed by atoms with Crippen LogP contribution in [-0.2, 0) is 6.54 Å². The van der Waals surface area contributed by atoms with E-state index in [9.17, 15) is 0 Å². The van der Waals surface area contributed by atoms with Gasteiger partial charge in [-0.15, -0.1) is 0 Å². The van der Waals surface area contributed by atoms with Crippen LogP contribution >= 0.6 is 0 Å². The van der Waals surface area contributed by atoms with Crippen LogP contribution in [0, 0.1) is 5.41 Å². The second kappa shape index (κ2) is 7.11. The molecule has 1 unspecified atom stereocenters. The van der Waals surface area contributed by atoms with Gasteiger partial charge in [-0.05, 0) is 42.1 Å². The maximum atomic E-state index is 2.47. The lowest BCUT2D eigenvalue weighted by Gasteiger charge is -2.31. The Labute approximate surface area is 135 Å². The molecule has 0 saturated heterocycles. The van der Waals surface area contributed by atoms with Crippen LogP contribution in [0.15, 0.2) is 54.6 Å². The van der Waals surface area contributed by atoms with Crippen molar-refractivity contribution in [3.63, 3.8) is 0 Å². The number of allylic oxidation sites excluding steroid dienone is 1. The molecule has 0 N–H and O–H groups in total. The first kappa shape index (κ1) is 16.8. The van der Waals surface area contributed by atoms with Crippen LogP contribution in [0.3, 0.4) is 0 Å². The largest absolute Gasteiger partial charge is 0.296 e. The molecule has 0 aromatic heterocycles. The molecule has 0 bridgehead atoms. The average molecular weight is 295 g/mol. The van der Waals surface area contributed by atoms with Gasteiger partial charge in [-0.2, -0.15) is 0 Å². The average Bonchev–Trinajstić information content (AvgIpc) is 2.46. The van der Waals surface area contributed by atoms with Gasteiger partial charge in [-0.3, -0.25) is 4.90 Å². The van der Waals surface area contributed by atoms with Crippen molar-refractivity contribution in [1.82, 2.24) is 4.90 Å². The number of rotatable bonds is 5. The lowest BCUT2D eigenvalue weighted by Crippen LogP contribution is -2.33. The van der Waals surface area contributed by atoms with E-state index in [2.05, 4.69) is 94.3 Å². The molecule has 0 radical (unpaired) electrons. The summed E-state index contributed by atoms with van der Waals surface area (Å²) in [4.78, 5) is 2.47. The summed E-state index contributed by atoms with van der Waals surface area (Å²) in [6.07, 6.45) is 5.67. The minimum absolute atomic E-state index is 0.331. The predicted molar refractivity (Wildman–Crippen MR) is 98.1 cm³/mol. The molecule has 0 amide bonds. The number of likely N-dealkylation sites (N-methyl/N-ethyl adjacent to an activating group) is 1. The first-order chi connectivity index (χ1) is 10.4. The molecule has 1 heteroatoms. The van der Waals surface area contributed by atoms with Gasteiger partial charge in [0.1, 0.15) is 0 Å². The first-order valence-electron chi connectivity index (χ1n) is 8.20. The van der Waals surface area contributed by atoms with Crippen molar-refractivity contribution in [2.24, 2.45) is 5.41 Å². The molecule has 0 spiro atoms. The van der Waals surface area contributed by atoms with Crippen molar-refractivity contribution in [2.45, 2.75) is 46.7 Å². The normalized spacial score (nSPS) is 14.1.